The molecule has 3 nitrogen and oxygen atoms in total. The quantitative estimate of drug-likeness (QED) is 0.842. The third kappa shape index (κ3) is 3.20. The van der Waals surface area contributed by atoms with E-state index in [-0.39, 0.29) is 24.4 Å². The van der Waals surface area contributed by atoms with E-state index in [4.69, 9.17) is 4.74 Å². The molecular formula is C20H24FNO2S. The van der Waals surface area contributed by atoms with Crippen molar-refractivity contribution >= 4 is 27.3 Å². The summed E-state index contributed by atoms with van der Waals surface area (Å²) in [5, 5.41) is 3.75. The fraction of sp³-hybridized carbons (Fsp3) is 0.550. The second-order valence-corrected chi connectivity index (χ2v) is 8.44. The van der Waals surface area contributed by atoms with Crippen LogP contribution in [0.4, 0.5) is 4.39 Å². The average Bonchev–Trinajstić information content (AvgIpc) is 3.20. The predicted octanol–water partition coefficient (Wildman–Crippen LogP) is 4.89. The number of carbonyl (C=O) groups excluding carboxylic acids is 1. The molecule has 4 rings (SSSR count). The van der Waals surface area contributed by atoms with E-state index in [0.29, 0.717) is 15.8 Å². The summed E-state index contributed by atoms with van der Waals surface area (Å²) in [6, 6.07) is 5.24. The molecule has 134 valence electrons. The van der Waals surface area contributed by atoms with Crippen LogP contribution in [0, 0.1) is 17.7 Å². The summed E-state index contributed by atoms with van der Waals surface area (Å²) in [6.07, 6.45) is 7.38. The van der Waals surface area contributed by atoms with Gasteiger partial charge in [-0.25, -0.2) is 4.39 Å². The maximum atomic E-state index is 14.3. The Kier molecular flexibility index (Phi) is 4.78. The Hall–Kier alpha value is -1.46. The Labute approximate surface area is 151 Å². The number of hydrogen-bond acceptors (Lipinski definition) is 3. The van der Waals surface area contributed by atoms with Gasteiger partial charge in [0.25, 0.3) is 5.91 Å². The van der Waals surface area contributed by atoms with E-state index in [9.17, 15) is 9.18 Å². The van der Waals surface area contributed by atoms with Crippen molar-refractivity contribution in [3.8, 4) is 0 Å². The van der Waals surface area contributed by atoms with Crippen molar-refractivity contribution in [2.45, 2.75) is 51.2 Å². The molecule has 1 heterocycles. The topological polar surface area (TPSA) is 38.3 Å². The molecule has 0 aliphatic heterocycles. The van der Waals surface area contributed by atoms with E-state index in [1.807, 2.05) is 6.07 Å². The van der Waals surface area contributed by atoms with Crippen LogP contribution in [0.5, 0.6) is 0 Å². The molecule has 0 bridgehead atoms. The minimum Gasteiger partial charge on any atom is -0.380 e. The zero-order chi connectivity index (χ0) is 17.4. The van der Waals surface area contributed by atoms with E-state index >= 15 is 0 Å². The number of fused-ring (bicyclic) bond motifs is 2. The third-order valence-corrected chi connectivity index (χ3v) is 7.08. The van der Waals surface area contributed by atoms with Crippen LogP contribution in [0.15, 0.2) is 18.2 Å². The summed E-state index contributed by atoms with van der Waals surface area (Å²) in [4.78, 5) is 13.5. The van der Waals surface area contributed by atoms with Crippen LogP contribution in [0.2, 0.25) is 0 Å². The molecule has 3 atom stereocenters. The van der Waals surface area contributed by atoms with Crippen molar-refractivity contribution in [1.29, 1.82) is 0 Å². The molecule has 1 amide bonds. The largest absolute Gasteiger partial charge is 0.380 e. The lowest BCUT2D eigenvalue weighted by molar-refractivity contribution is 0.0910. The van der Waals surface area contributed by atoms with Crippen molar-refractivity contribution in [2.75, 3.05) is 7.11 Å². The molecule has 0 radical (unpaired) electrons. The first-order chi connectivity index (χ1) is 12.2. The molecule has 1 aromatic carbocycles. The molecule has 0 spiro atoms. The van der Waals surface area contributed by atoms with Crippen LogP contribution in [0.25, 0.3) is 10.1 Å². The molecule has 0 saturated heterocycles. The van der Waals surface area contributed by atoms with Gasteiger partial charge >= 0.3 is 0 Å². The van der Waals surface area contributed by atoms with E-state index in [0.717, 1.165) is 29.4 Å². The molecule has 25 heavy (non-hydrogen) atoms. The number of ether oxygens (including phenoxy) is 1. The van der Waals surface area contributed by atoms with Gasteiger partial charge in [-0.15, -0.1) is 11.3 Å². The Morgan fingerprint density at radius 2 is 2.12 bits per heavy atom. The van der Waals surface area contributed by atoms with Crippen LogP contribution in [0.1, 0.15) is 53.8 Å². The van der Waals surface area contributed by atoms with E-state index in [1.54, 1.807) is 13.2 Å². The highest BCUT2D eigenvalue weighted by atomic mass is 32.1. The van der Waals surface area contributed by atoms with Gasteiger partial charge in [0.1, 0.15) is 5.82 Å². The SMILES string of the molecule is COCc1c(C(=O)N[C@@H]2CC[C@H]3CCC[C@H]3C2)sc2cccc(F)c12. The van der Waals surface area contributed by atoms with Crippen molar-refractivity contribution < 1.29 is 13.9 Å². The summed E-state index contributed by atoms with van der Waals surface area (Å²) < 4.78 is 20.3. The number of nitrogens with one attached hydrogen (secondary N) is 1. The molecule has 2 fully saturated rings. The Balaban J connectivity index is 1.57. The molecule has 2 aromatic rings. The van der Waals surface area contributed by atoms with Crippen molar-refractivity contribution in [2.24, 2.45) is 11.8 Å². The van der Waals surface area contributed by atoms with Crippen LogP contribution in [-0.4, -0.2) is 19.1 Å². The maximum absolute atomic E-state index is 14.3. The number of amides is 1. The Morgan fingerprint density at radius 1 is 1.28 bits per heavy atom. The fourth-order valence-electron chi connectivity index (χ4n) is 4.72. The second-order valence-electron chi connectivity index (χ2n) is 7.39. The van der Waals surface area contributed by atoms with Crippen molar-refractivity contribution in [3.05, 3.63) is 34.5 Å². The second kappa shape index (κ2) is 7.04. The minimum atomic E-state index is -0.286. The van der Waals surface area contributed by atoms with Gasteiger partial charge in [0.05, 0.1) is 11.5 Å². The number of thiophene rings is 1. The normalized spacial score (nSPS) is 25.9. The van der Waals surface area contributed by atoms with Gasteiger partial charge in [-0.05, 0) is 43.2 Å². The third-order valence-electron chi connectivity index (χ3n) is 5.88. The standard InChI is InChI=1S/C20H24FNO2S/c1-24-11-15-18-16(21)6-3-7-17(18)25-19(15)20(23)22-14-9-8-12-4-2-5-13(12)10-14/h3,6-7,12-14H,2,4-5,8-11H2,1H3,(H,22,23)/t12-,13+,14-/m1/s1. The monoisotopic (exact) mass is 361 g/mol. The van der Waals surface area contributed by atoms with Crippen LogP contribution < -0.4 is 5.32 Å². The van der Waals surface area contributed by atoms with Gasteiger partial charge in [-0.3, -0.25) is 4.79 Å². The van der Waals surface area contributed by atoms with Crippen LogP contribution in [-0.2, 0) is 11.3 Å². The lowest BCUT2D eigenvalue weighted by Crippen LogP contribution is -2.39. The molecule has 0 unspecified atom stereocenters. The molecule has 2 saturated carbocycles. The number of hydrogen-bond donors (Lipinski definition) is 1. The van der Waals surface area contributed by atoms with Gasteiger partial charge in [0, 0.05) is 28.8 Å². The number of methoxy groups -OCH3 is 1. The molecular weight excluding hydrogens is 337 g/mol. The minimum absolute atomic E-state index is 0.0749. The summed E-state index contributed by atoms with van der Waals surface area (Å²) >= 11 is 1.36. The van der Waals surface area contributed by atoms with Crippen LogP contribution >= 0.6 is 11.3 Å². The van der Waals surface area contributed by atoms with Gasteiger partial charge < -0.3 is 10.1 Å². The highest BCUT2D eigenvalue weighted by Crippen LogP contribution is 2.42. The predicted molar refractivity (Wildman–Crippen MR) is 98.4 cm³/mol. The first-order valence-corrected chi connectivity index (χ1v) is 9.98. The summed E-state index contributed by atoms with van der Waals surface area (Å²) in [7, 11) is 1.58. The number of halogens is 1. The Bertz CT molecular complexity index is 787. The van der Waals surface area contributed by atoms with Crippen molar-refractivity contribution in [1.82, 2.24) is 5.32 Å². The fourth-order valence-corrected chi connectivity index (χ4v) is 5.84. The van der Waals surface area contributed by atoms with Gasteiger partial charge in [-0.2, -0.15) is 0 Å². The van der Waals surface area contributed by atoms with Gasteiger partial charge in [-0.1, -0.05) is 25.3 Å². The van der Waals surface area contributed by atoms with Crippen molar-refractivity contribution in [3.63, 3.8) is 0 Å². The molecule has 5 heteroatoms. The lowest BCUT2D eigenvalue weighted by Gasteiger charge is -2.32. The smallest absolute Gasteiger partial charge is 0.261 e. The van der Waals surface area contributed by atoms with Gasteiger partial charge in [0.15, 0.2) is 0 Å². The summed E-state index contributed by atoms with van der Waals surface area (Å²) in [6.45, 7) is 0.249. The molecule has 2 aliphatic carbocycles. The highest BCUT2D eigenvalue weighted by Gasteiger charge is 2.34. The number of benzene rings is 1. The highest BCUT2D eigenvalue weighted by molar-refractivity contribution is 7.21. The summed E-state index contributed by atoms with van der Waals surface area (Å²) in [5.41, 5.74) is 0.674. The molecule has 2 aliphatic rings. The van der Waals surface area contributed by atoms with E-state index < -0.39 is 0 Å². The number of rotatable bonds is 4. The first kappa shape index (κ1) is 17.0. The average molecular weight is 361 g/mol. The zero-order valence-electron chi connectivity index (χ0n) is 14.5. The maximum Gasteiger partial charge on any atom is 0.261 e. The zero-order valence-corrected chi connectivity index (χ0v) is 15.3. The first-order valence-electron chi connectivity index (χ1n) is 9.17. The number of carbonyl (C=O) groups is 1. The van der Waals surface area contributed by atoms with E-state index in [2.05, 4.69) is 5.32 Å². The summed E-state index contributed by atoms with van der Waals surface area (Å²) in [5.74, 6) is 1.29. The molecule has 1 N–H and O–H groups in total. The lowest BCUT2D eigenvalue weighted by atomic mass is 9.79. The van der Waals surface area contributed by atoms with Gasteiger partial charge in [0.2, 0.25) is 0 Å². The Morgan fingerprint density at radius 3 is 2.96 bits per heavy atom. The van der Waals surface area contributed by atoms with E-state index in [1.165, 1.54) is 43.1 Å². The van der Waals surface area contributed by atoms with Crippen LogP contribution in [0.3, 0.4) is 0 Å². The molecule has 1 aromatic heterocycles.